The predicted octanol–water partition coefficient (Wildman–Crippen LogP) is 4.71. The average molecular weight is 468 g/mol. The number of anilines is 1. The number of nitrogens with zero attached hydrogens (tertiary/aromatic N) is 1. The Balaban J connectivity index is 1.71. The third-order valence-corrected chi connectivity index (χ3v) is 5.40. The first-order valence-electron chi connectivity index (χ1n) is 10.4. The number of benzene rings is 2. The van der Waals surface area contributed by atoms with E-state index in [9.17, 15) is 4.79 Å². The molecule has 0 atom stereocenters. The highest BCUT2D eigenvalue weighted by Gasteiger charge is 2.07. The second-order valence-electron chi connectivity index (χ2n) is 7.05. The molecule has 31 heavy (non-hydrogen) atoms. The molecule has 2 aromatic rings. The molecular weight excluding hydrogens is 437 g/mol. The molecule has 0 saturated carbocycles. The van der Waals surface area contributed by atoms with Gasteiger partial charge in [-0.1, -0.05) is 53.5 Å². The summed E-state index contributed by atoms with van der Waals surface area (Å²) in [5.74, 6) is 0. The number of carbonyl (C=O) groups is 1. The van der Waals surface area contributed by atoms with Crippen molar-refractivity contribution < 1.29 is 14.3 Å². The van der Waals surface area contributed by atoms with Gasteiger partial charge < -0.3 is 25.0 Å². The first-order chi connectivity index (χ1) is 15.1. The van der Waals surface area contributed by atoms with Gasteiger partial charge in [0.1, 0.15) is 0 Å². The summed E-state index contributed by atoms with van der Waals surface area (Å²) >= 11 is 11.9. The monoisotopic (exact) mass is 467 g/mol. The van der Waals surface area contributed by atoms with Crippen LogP contribution in [-0.2, 0) is 15.9 Å². The number of nitrogens with one attached hydrogen (secondary N) is 2. The van der Waals surface area contributed by atoms with Crippen molar-refractivity contribution in [1.82, 2.24) is 10.2 Å². The molecule has 170 valence electrons. The van der Waals surface area contributed by atoms with Crippen LogP contribution in [0.4, 0.5) is 10.5 Å². The number of ether oxygens (including phenoxy) is 2. The topological polar surface area (TPSA) is 62.8 Å². The minimum Gasteiger partial charge on any atom is -0.382 e. The van der Waals surface area contributed by atoms with Crippen molar-refractivity contribution >= 4 is 34.9 Å². The van der Waals surface area contributed by atoms with E-state index in [4.69, 9.17) is 32.7 Å². The zero-order valence-electron chi connectivity index (χ0n) is 17.9. The third-order valence-electron chi connectivity index (χ3n) is 4.66. The van der Waals surface area contributed by atoms with Gasteiger partial charge in [0.05, 0.1) is 29.9 Å². The van der Waals surface area contributed by atoms with Crippen LogP contribution in [-0.4, -0.2) is 64.0 Å². The van der Waals surface area contributed by atoms with E-state index in [0.29, 0.717) is 42.1 Å². The number of rotatable bonds is 14. The van der Waals surface area contributed by atoms with E-state index in [-0.39, 0.29) is 6.03 Å². The lowest BCUT2D eigenvalue weighted by Crippen LogP contribution is -2.35. The first kappa shape index (κ1) is 25.4. The molecular formula is C23H31Cl2N3O3. The van der Waals surface area contributed by atoms with Crippen LogP contribution in [0, 0.1) is 0 Å². The Morgan fingerprint density at radius 3 is 2.52 bits per heavy atom. The summed E-state index contributed by atoms with van der Waals surface area (Å²) in [6.07, 6.45) is 1.81. The lowest BCUT2D eigenvalue weighted by molar-refractivity contribution is 0.0571. The van der Waals surface area contributed by atoms with Gasteiger partial charge >= 0.3 is 6.03 Å². The van der Waals surface area contributed by atoms with E-state index in [0.717, 1.165) is 32.5 Å². The number of carbonyl (C=O) groups excluding carboxylic acids is 1. The molecule has 2 rings (SSSR count). The second-order valence-corrected chi connectivity index (χ2v) is 7.86. The lowest BCUT2D eigenvalue weighted by Gasteiger charge is -2.22. The largest absolute Gasteiger partial charge is 0.382 e. The molecule has 0 aromatic heterocycles. The van der Waals surface area contributed by atoms with E-state index in [2.05, 4.69) is 39.8 Å². The highest BCUT2D eigenvalue weighted by Crippen LogP contribution is 2.24. The van der Waals surface area contributed by atoms with Crippen LogP contribution in [0.3, 0.4) is 0 Å². The number of hydrogen-bond acceptors (Lipinski definition) is 4. The summed E-state index contributed by atoms with van der Waals surface area (Å²) in [5.41, 5.74) is 1.91. The number of amides is 2. The fourth-order valence-corrected chi connectivity index (χ4v) is 3.26. The molecule has 0 aliphatic carbocycles. The van der Waals surface area contributed by atoms with E-state index in [1.807, 2.05) is 6.07 Å². The Hall–Kier alpha value is -1.83. The summed E-state index contributed by atoms with van der Waals surface area (Å²) in [4.78, 5) is 14.5. The van der Waals surface area contributed by atoms with Crippen molar-refractivity contribution in [2.45, 2.75) is 12.8 Å². The first-order valence-corrected chi connectivity index (χ1v) is 11.2. The predicted molar refractivity (Wildman–Crippen MR) is 127 cm³/mol. The third kappa shape index (κ3) is 10.8. The van der Waals surface area contributed by atoms with Gasteiger partial charge in [0.25, 0.3) is 0 Å². The van der Waals surface area contributed by atoms with Crippen molar-refractivity contribution in [1.29, 1.82) is 0 Å². The molecule has 2 amide bonds. The highest BCUT2D eigenvalue weighted by molar-refractivity contribution is 6.42. The van der Waals surface area contributed by atoms with Crippen LogP contribution < -0.4 is 10.6 Å². The maximum Gasteiger partial charge on any atom is 0.319 e. The molecule has 0 fully saturated rings. The van der Waals surface area contributed by atoms with Crippen LogP contribution in [0.1, 0.15) is 12.0 Å². The molecule has 0 unspecified atom stereocenters. The highest BCUT2D eigenvalue weighted by atomic mass is 35.5. The van der Waals surface area contributed by atoms with Crippen LogP contribution in [0.2, 0.25) is 10.0 Å². The van der Waals surface area contributed by atoms with E-state index >= 15 is 0 Å². The molecule has 0 heterocycles. The summed E-state index contributed by atoms with van der Waals surface area (Å²) in [7, 11) is 1.67. The van der Waals surface area contributed by atoms with E-state index in [1.54, 1.807) is 25.3 Å². The fourth-order valence-electron chi connectivity index (χ4n) is 2.96. The van der Waals surface area contributed by atoms with E-state index < -0.39 is 0 Å². The van der Waals surface area contributed by atoms with Crippen molar-refractivity contribution in [3.63, 3.8) is 0 Å². The zero-order valence-corrected chi connectivity index (χ0v) is 19.4. The van der Waals surface area contributed by atoms with Crippen LogP contribution in [0.15, 0.2) is 48.5 Å². The van der Waals surface area contributed by atoms with Crippen LogP contribution in [0.5, 0.6) is 0 Å². The average Bonchev–Trinajstić information content (AvgIpc) is 2.77. The molecule has 0 spiro atoms. The van der Waals surface area contributed by atoms with Gasteiger partial charge in [-0.25, -0.2) is 4.79 Å². The number of urea groups is 1. The Kier molecular flexibility index (Phi) is 12.3. The summed E-state index contributed by atoms with van der Waals surface area (Å²) < 4.78 is 10.6. The molecule has 2 aromatic carbocycles. The smallest absolute Gasteiger partial charge is 0.319 e. The number of methoxy groups -OCH3 is 1. The molecule has 8 heteroatoms. The molecule has 0 aliphatic rings. The molecule has 0 saturated heterocycles. The molecule has 0 radical (unpaired) electrons. The minimum absolute atomic E-state index is 0.267. The fraction of sp³-hybridized carbons (Fsp3) is 0.435. The molecule has 0 aliphatic heterocycles. The Morgan fingerprint density at radius 1 is 0.968 bits per heavy atom. The van der Waals surface area contributed by atoms with Crippen LogP contribution >= 0.6 is 23.2 Å². The molecule has 6 nitrogen and oxygen atoms in total. The Bertz CT molecular complexity index is 778. The van der Waals surface area contributed by atoms with Gasteiger partial charge in [0.15, 0.2) is 0 Å². The second kappa shape index (κ2) is 15.1. The SMILES string of the molecule is COCCOCCN(CCCNC(=O)Nc1ccc(Cl)c(Cl)c1)CCc1ccccc1. The lowest BCUT2D eigenvalue weighted by atomic mass is 10.1. The number of hydrogen-bond donors (Lipinski definition) is 2. The maximum absolute atomic E-state index is 12.1. The number of halogens is 2. The van der Waals surface area contributed by atoms with E-state index in [1.165, 1.54) is 5.56 Å². The molecule has 2 N–H and O–H groups in total. The standard InChI is InChI=1S/C23H31Cl2N3O3/c1-30-16-17-31-15-14-28(13-10-19-6-3-2-4-7-19)12-5-11-26-23(29)27-20-8-9-21(24)22(25)18-20/h2-4,6-9,18H,5,10-17H2,1H3,(H2,26,27,29). The Labute approximate surface area is 194 Å². The van der Waals surface area contributed by atoms with Gasteiger partial charge in [-0.15, -0.1) is 0 Å². The van der Waals surface area contributed by atoms with Gasteiger partial charge in [-0.2, -0.15) is 0 Å². The normalized spacial score (nSPS) is 11.0. The van der Waals surface area contributed by atoms with Crippen molar-refractivity contribution in [3.05, 3.63) is 64.1 Å². The zero-order chi connectivity index (χ0) is 22.3. The van der Waals surface area contributed by atoms with Gasteiger partial charge in [0.2, 0.25) is 0 Å². The molecule has 0 bridgehead atoms. The van der Waals surface area contributed by atoms with Gasteiger partial charge in [0, 0.05) is 32.4 Å². The van der Waals surface area contributed by atoms with Crippen molar-refractivity contribution in [3.8, 4) is 0 Å². The van der Waals surface area contributed by atoms with Crippen molar-refractivity contribution in [2.24, 2.45) is 0 Å². The van der Waals surface area contributed by atoms with Crippen molar-refractivity contribution in [2.75, 3.05) is 58.4 Å². The van der Waals surface area contributed by atoms with Gasteiger partial charge in [-0.05, 0) is 43.1 Å². The summed E-state index contributed by atoms with van der Waals surface area (Å²) in [6.45, 7) is 5.07. The Morgan fingerprint density at radius 2 is 1.77 bits per heavy atom. The van der Waals surface area contributed by atoms with Gasteiger partial charge in [-0.3, -0.25) is 0 Å². The quantitative estimate of drug-likeness (QED) is 0.394. The minimum atomic E-state index is -0.267. The maximum atomic E-state index is 12.1. The van der Waals surface area contributed by atoms with Crippen LogP contribution in [0.25, 0.3) is 0 Å². The summed E-state index contributed by atoms with van der Waals surface area (Å²) in [6, 6.07) is 15.1. The summed E-state index contributed by atoms with van der Waals surface area (Å²) in [5, 5.41) is 6.49.